The molecule has 0 atom stereocenters. The minimum absolute atomic E-state index is 0.0605. The molecule has 0 aromatic heterocycles. The SMILES string of the molecule is O=C1CN(c2ccc(C(=O)O)cc2Cl)CCN1. The number of carboxylic acid groups (broad SMARTS) is 1. The summed E-state index contributed by atoms with van der Waals surface area (Å²) < 4.78 is 0. The highest BCUT2D eigenvalue weighted by atomic mass is 35.5. The number of nitrogens with zero attached hydrogens (tertiary/aromatic N) is 1. The zero-order chi connectivity index (χ0) is 12.4. The van der Waals surface area contributed by atoms with E-state index in [2.05, 4.69) is 5.32 Å². The van der Waals surface area contributed by atoms with E-state index in [1.807, 2.05) is 4.90 Å². The van der Waals surface area contributed by atoms with Gasteiger partial charge in [0.2, 0.25) is 5.91 Å². The van der Waals surface area contributed by atoms with Crippen LogP contribution < -0.4 is 10.2 Å². The van der Waals surface area contributed by atoms with E-state index in [0.717, 1.165) is 0 Å². The average molecular weight is 255 g/mol. The number of benzene rings is 1. The fourth-order valence-corrected chi connectivity index (χ4v) is 2.04. The number of nitrogens with one attached hydrogen (secondary N) is 1. The molecule has 1 aliphatic heterocycles. The van der Waals surface area contributed by atoms with E-state index in [1.165, 1.54) is 12.1 Å². The van der Waals surface area contributed by atoms with E-state index in [0.29, 0.717) is 23.8 Å². The molecule has 1 aromatic carbocycles. The largest absolute Gasteiger partial charge is 0.478 e. The van der Waals surface area contributed by atoms with Gasteiger partial charge in [-0.1, -0.05) is 11.6 Å². The highest BCUT2D eigenvalue weighted by Crippen LogP contribution is 2.27. The summed E-state index contributed by atoms with van der Waals surface area (Å²) in [4.78, 5) is 23.8. The Morgan fingerprint density at radius 3 is 2.82 bits per heavy atom. The zero-order valence-electron chi connectivity index (χ0n) is 8.94. The van der Waals surface area contributed by atoms with Crippen LogP contribution in [0.15, 0.2) is 18.2 Å². The van der Waals surface area contributed by atoms with Gasteiger partial charge in [-0.05, 0) is 18.2 Å². The molecule has 1 fully saturated rings. The average Bonchev–Trinajstić information content (AvgIpc) is 2.28. The van der Waals surface area contributed by atoms with Crippen LogP contribution in [-0.4, -0.2) is 36.6 Å². The first-order chi connectivity index (χ1) is 8.08. The summed E-state index contributed by atoms with van der Waals surface area (Å²) in [5, 5.41) is 11.9. The van der Waals surface area contributed by atoms with Gasteiger partial charge in [-0.2, -0.15) is 0 Å². The molecule has 90 valence electrons. The van der Waals surface area contributed by atoms with Crippen molar-refractivity contribution in [1.29, 1.82) is 0 Å². The third kappa shape index (κ3) is 2.50. The van der Waals surface area contributed by atoms with Crippen LogP contribution in [0.4, 0.5) is 5.69 Å². The summed E-state index contributed by atoms with van der Waals surface area (Å²) in [6.45, 7) is 1.47. The number of halogens is 1. The van der Waals surface area contributed by atoms with Crippen molar-refractivity contribution in [3.8, 4) is 0 Å². The van der Waals surface area contributed by atoms with Crippen LogP contribution in [0.25, 0.3) is 0 Å². The minimum Gasteiger partial charge on any atom is -0.478 e. The summed E-state index contributed by atoms with van der Waals surface area (Å²) in [6, 6.07) is 4.51. The Labute approximate surface area is 103 Å². The van der Waals surface area contributed by atoms with Crippen molar-refractivity contribution < 1.29 is 14.7 Å². The van der Waals surface area contributed by atoms with Crippen LogP contribution in [0.3, 0.4) is 0 Å². The van der Waals surface area contributed by atoms with Crippen LogP contribution in [0, 0.1) is 0 Å². The molecular formula is C11H11ClN2O3. The van der Waals surface area contributed by atoms with E-state index in [4.69, 9.17) is 16.7 Å². The molecule has 1 aromatic rings. The normalized spacial score (nSPS) is 15.6. The first-order valence-corrected chi connectivity index (χ1v) is 5.50. The highest BCUT2D eigenvalue weighted by Gasteiger charge is 2.19. The van der Waals surface area contributed by atoms with Crippen LogP contribution in [-0.2, 0) is 4.79 Å². The van der Waals surface area contributed by atoms with Crippen molar-refractivity contribution in [2.75, 3.05) is 24.5 Å². The molecule has 2 N–H and O–H groups in total. The van der Waals surface area contributed by atoms with E-state index in [1.54, 1.807) is 6.07 Å². The number of carboxylic acids is 1. The predicted octanol–water partition coefficient (Wildman–Crippen LogP) is 0.974. The molecule has 0 aliphatic carbocycles. The first kappa shape index (κ1) is 11.7. The van der Waals surface area contributed by atoms with Crippen molar-refractivity contribution in [3.63, 3.8) is 0 Å². The second-order valence-electron chi connectivity index (χ2n) is 3.74. The molecule has 2 rings (SSSR count). The Bertz CT molecular complexity index is 476. The van der Waals surface area contributed by atoms with Gasteiger partial charge in [-0.3, -0.25) is 4.79 Å². The van der Waals surface area contributed by atoms with Crippen LogP contribution in [0.2, 0.25) is 5.02 Å². The van der Waals surface area contributed by atoms with Gasteiger partial charge < -0.3 is 15.3 Å². The lowest BCUT2D eigenvalue weighted by Crippen LogP contribution is -2.47. The fourth-order valence-electron chi connectivity index (χ4n) is 1.74. The molecule has 1 aliphatic rings. The predicted molar refractivity (Wildman–Crippen MR) is 63.6 cm³/mol. The molecule has 1 amide bonds. The topological polar surface area (TPSA) is 69.6 Å². The number of amides is 1. The fraction of sp³-hybridized carbons (Fsp3) is 0.273. The lowest BCUT2D eigenvalue weighted by molar-refractivity contribution is -0.120. The Morgan fingerprint density at radius 2 is 2.24 bits per heavy atom. The first-order valence-electron chi connectivity index (χ1n) is 5.12. The maximum absolute atomic E-state index is 11.2. The van der Waals surface area contributed by atoms with Gasteiger partial charge in [-0.15, -0.1) is 0 Å². The molecule has 17 heavy (non-hydrogen) atoms. The molecular weight excluding hydrogens is 244 g/mol. The summed E-state index contributed by atoms with van der Waals surface area (Å²) in [5.74, 6) is -1.08. The van der Waals surface area contributed by atoms with Gasteiger partial charge in [0.25, 0.3) is 0 Å². The third-order valence-electron chi connectivity index (χ3n) is 2.57. The number of piperazine rings is 1. The van der Waals surface area contributed by atoms with Crippen molar-refractivity contribution in [2.45, 2.75) is 0 Å². The molecule has 1 heterocycles. The summed E-state index contributed by atoms with van der Waals surface area (Å²) >= 11 is 6.02. The number of rotatable bonds is 2. The Morgan fingerprint density at radius 1 is 1.47 bits per heavy atom. The monoisotopic (exact) mass is 254 g/mol. The lowest BCUT2D eigenvalue weighted by Gasteiger charge is -2.29. The quantitative estimate of drug-likeness (QED) is 0.825. The molecule has 1 saturated heterocycles. The maximum Gasteiger partial charge on any atom is 0.335 e. The Kier molecular flexibility index (Phi) is 3.19. The second kappa shape index (κ2) is 4.63. The van der Waals surface area contributed by atoms with Gasteiger partial charge in [0, 0.05) is 13.1 Å². The van der Waals surface area contributed by atoms with E-state index in [-0.39, 0.29) is 18.0 Å². The third-order valence-corrected chi connectivity index (χ3v) is 2.88. The van der Waals surface area contributed by atoms with E-state index in [9.17, 15) is 9.59 Å². The van der Waals surface area contributed by atoms with Gasteiger partial charge in [0.05, 0.1) is 22.8 Å². The molecule has 0 radical (unpaired) electrons. The molecule has 0 saturated carbocycles. The number of aromatic carboxylic acids is 1. The van der Waals surface area contributed by atoms with Crippen molar-refractivity contribution in [2.24, 2.45) is 0 Å². The van der Waals surface area contributed by atoms with Crippen molar-refractivity contribution in [3.05, 3.63) is 28.8 Å². The molecule has 0 unspecified atom stereocenters. The second-order valence-corrected chi connectivity index (χ2v) is 4.15. The van der Waals surface area contributed by atoms with E-state index >= 15 is 0 Å². The van der Waals surface area contributed by atoms with Crippen LogP contribution in [0.5, 0.6) is 0 Å². The van der Waals surface area contributed by atoms with Crippen LogP contribution >= 0.6 is 11.6 Å². The minimum atomic E-state index is -1.02. The number of carbonyl (C=O) groups is 2. The van der Waals surface area contributed by atoms with E-state index < -0.39 is 5.97 Å². The van der Waals surface area contributed by atoms with Crippen molar-refractivity contribution in [1.82, 2.24) is 5.32 Å². The smallest absolute Gasteiger partial charge is 0.335 e. The molecule has 5 nitrogen and oxygen atoms in total. The lowest BCUT2D eigenvalue weighted by atomic mass is 10.2. The van der Waals surface area contributed by atoms with Crippen molar-refractivity contribution >= 4 is 29.2 Å². The van der Waals surface area contributed by atoms with Crippen LogP contribution in [0.1, 0.15) is 10.4 Å². The van der Waals surface area contributed by atoms with Gasteiger partial charge >= 0.3 is 5.97 Å². The summed E-state index contributed by atoms with van der Waals surface area (Å²) in [6.07, 6.45) is 0. The number of hydrogen-bond acceptors (Lipinski definition) is 3. The highest BCUT2D eigenvalue weighted by molar-refractivity contribution is 6.33. The number of carbonyl (C=O) groups excluding carboxylic acids is 1. The summed E-state index contributed by atoms with van der Waals surface area (Å²) in [5.41, 5.74) is 0.826. The number of anilines is 1. The maximum atomic E-state index is 11.2. The van der Waals surface area contributed by atoms with Gasteiger partial charge in [0.15, 0.2) is 0 Å². The number of hydrogen-bond donors (Lipinski definition) is 2. The van der Waals surface area contributed by atoms with Gasteiger partial charge in [0.1, 0.15) is 0 Å². The Balaban J connectivity index is 2.26. The molecule has 0 bridgehead atoms. The molecule has 0 spiro atoms. The van der Waals surface area contributed by atoms with Gasteiger partial charge in [-0.25, -0.2) is 4.79 Å². The zero-order valence-corrected chi connectivity index (χ0v) is 9.70. The standard InChI is InChI=1S/C11H11ClN2O3/c12-8-5-7(11(16)17)1-2-9(8)14-4-3-13-10(15)6-14/h1-2,5H,3-4,6H2,(H,13,15)(H,16,17). The Hall–Kier alpha value is -1.75. The summed E-state index contributed by atoms with van der Waals surface area (Å²) in [7, 11) is 0. The molecule has 6 heteroatoms.